The summed E-state index contributed by atoms with van der Waals surface area (Å²) in [5.74, 6) is -0.643. The maximum Gasteiger partial charge on any atom is 0.251 e. The van der Waals surface area contributed by atoms with E-state index in [0.29, 0.717) is 0 Å². The van der Waals surface area contributed by atoms with Crippen molar-refractivity contribution in [2.45, 2.75) is 55.5 Å². The minimum atomic E-state index is -3.89. The molecule has 1 saturated heterocycles. The Morgan fingerprint density at radius 2 is 1.85 bits per heavy atom. The number of amides is 1. The molecule has 1 heterocycles. The normalized spacial score (nSPS) is 28.9. The van der Waals surface area contributed by atoms with Gasteiger partial charge in [0.05, 0.1) is 17.6 Å². The molecule has 1 aromatic rings. The molecule has 152 valence electrons. The van der Waals surface area contributed by atoms with Crippen molar-refractivity contribution in [3.8, 4) is 0 Å². The molecule has 6 N–H and O–H groups in total. The first-order valence-corrected chi connectivity index (χ1v) is 9.81. The maximum absolute atomic E-state index is 12.5. The number of benzene rings is 1. The van der Waals surface area contributed by atoms with Crippen LogP contribution in [0.15, 0.2) is 29.2 Å². The number of rotatable bonds is 6. The van der Waals surface area contributed by atoms with Crippen molar-refractivity contribution in [3.63, 3.8) is 0 Å². The molecule has 1 fully saturated rings. The molecule has 0 unspecified atom stereocenters. The number of aliphatic hydroxyl groups excluding tert-OH is 3. The van der Waals surface area contributed by atoms with Crippen LogP contribution in [-0.4, -0.2) is 73.0 Å². The van der Waals surface area contributed by atoms with Gasteiger partial charge in [0.15, 0.2) is 6.29 Å². The topological polar surface area (TPSA) is 168 Å². The van der Waals surface area contributed by atoms with Crippen LogP contribution in [0.1, 0.15) is 24.2 Å². The van der Waals surface area contributed by atoms with Crippen molar-refractivity contribution in [3.05, 3.63) is 29.8 Å². The molecule has 1 aromatic carbocycles. The Balaban J connectivity index is 2.19. The van der Waals surface area contributed by atoms with E-state index in [2.05, 4.69) is 5.32 Å². The summed E-state index contributed by atoms with van der Waals surface area (Å²) in [4.78, 5) is 12.3. The van der Waals surface area contributed by atoms with Crippen LogP contribution >= 0.6 is 0 Å². The molecule has 0 radical (unpaired) electrons. The molecule has 0 bridgehead atoms. The Morgan fingerprint density at radius 3 is 2.33 bits per heavy atom. The SMILES string of the molecule is CC(C)O[C@@H]1O[C@H](CO)[C@@H](O)[C@H](O)[C@H]1NC(=O)c1ccc(S(N)(=O)=O)cc1. The minimum Gasteiger partial charge on any atom is -0.394 e. The molecular weight excluding hydrogens is 380 g/mol. The molecule has 1 aliphatic heterocycles. The zero-order chi connectivity index (χ0) is 20.4. The summed E-state index contributed by atoms with van der Waals surface area (Å²) in [6.45, 7) is 2.91. The first-order valence-electron chi connectivity index (χ1n) is 8.26. The summed E-state index contributed by atoms with van der Waals surface area (Å²) < 4.78 is 33.5. The third-order valence-electron chi connectivity index (χ3n) is 4.03. The smallest absolute Gasteiger partial charge is 0.251 e. The lowest BCUT2D eigenvalue weighted by atomic mass is 9.96. The summed E-state index contributed by atoms with van der Waals surface area (Å²) in [6, 6.07) is 3.76. The fraction of sp³-hybridized carbons (Fsp3) is 0.562. The summed E-state index contributed by atoms with van der Waals surface area (Å²) in [5, 5.41) is 37.2. The van der Waals surface area contributed by atoms with Crippen molar-refractivity contribution in [1.29, 1.82) is 0 Å². The van der Waals surface area contributed by atoms with E-state index in [1.807, 2.05) is 0 Å². The van der Waals surface area contributed by atoms with E-state index in [0.717, 1.165) is 0 Å². The molecular formula is C16H24N2O8S. The summed E-state index contributed by atoms with van der Waals surface area (Å²) in [6.07, 6.45) is -5.37. The molecule has 0 spiro atoms. The lowest BCUT2D eigenvalue weighted by molar-refractivity contribution is -0.277. The number of primary sulfonamides is 1. The monoisotopic (exact) mass is 404 g/mol. The van der Waals surface area contributed by atoms with E-state index in [9.17, 15) is 28.5 Å². The van der Waals surface area contributed by atoms with E-state index < -0.39 is 53.2 Å². The van der Waals surface area contributed by atoms with Gasteiger partial charge in [0.25, 0.3) is 5.91 Å². The molecule has 1 amide bonds. The van der Waals surface area contributed by atoms with Crippen molar-refractivity contribution in [1.82, 2.24) is 5.32 Å². The zero-order valence-electron chi connectivity index (χ0n) is 14.8. The van der Waals surface area contributed by atoms with Crippen LogP contribution in [0.5, 0.6) is 0 Å². The number of carbonyl (C=O) groups is 1. The van der Waals surface area contributed by atoms with E-state index in [1.54, 1.807) is 13.8 Å². The maximum atomic E-state index is 12.5. The molecule has 11 heteroatoms. The van der Waals surface area contributed by atoms with Crippen molar-refractivity contribution >= 4 is 15.9 Å². The average Bonchev–Trinajstić information content (AvgIpc) is 2.60. The minimum absolute atomic E-state index is 0.108. The highest BCUT2D eigenvalue weighted by atomic mass is 32.2. The number of hydrogen-bond acceptors (Lipinski definition) is 8. The number of carbonyl (C=O) groups excluding carboxylic acids is 1. The van der Waals surface area contributed by atoms with E-state index in [1.165, 1.54) is 24.3 Å². The molecule has 1 aliphatic rings. The second-order valence-electron chi connectivity index (χ2n) is 6.46. The van der Waals surface area contributed by atoms with E-state index >= 15 is 0 Å². The molecule has 0 saturated carbocycles. The lowest BCUT2D eigenvalue weighted by Crippen LogP contribution is -2.65. The van der Waals surface area contributed by atoms with Gasteiger partial charge >= 0.3 is 0 Å². The van der Waals surface area contributed by atoms with E-state index in [-0.39, 0.29) is 16.6 Å². The van der Waals surface area contributed by atoms with Gasteiger partial charge in [-0.2, -0.15) is 0 Å². The Kier molecular flexibility index (Phi) is 6.92. The highest BCUT2D eigenvalue weighted by Gasteiger charge is 2.45. The van der Waals surface area contributed by atoms with Gasteiger partial charge in [0, 0.05) is 5.56 Å². The molecule has 0 aliphatic carbocycles. The van der Waals surface area contributed by atoms with Gasteiger partial charge in [-0.25, -0.2) is 13.6 Å². The predicted molar refractivity (Wildman–Crippen MR) is 93.1 cm³/mol. The second kappa shape index (κ2) is 8.61. The predicted octanol–water partition coefficient (Wildman–Crippen LogP) is -1.70. The highest BCUT2D eigenvalue weighted by Crippen LogP contribution is 2.23. The van der Waals surface area contributed by atoms with Crippen LogP contribution in [0.2, 0.25) is 0 Å². The first kappa shape index (κ1) is 21.7. The molecule has 5 atom stereocenters. The fourth-order valence-corrected chi connectivity index (χ4v) is 3.17. The molecule has 10 nitrogen and oxygen atoms in total. The van der Waals surface area contributed by atoms with Crippen LogP contribution in [0.3, 0.4) is 0 Å². The summed E-state index contributed by atoms with van der Waals surface area (Å²) >= 11 is 0. The molecule has 2 rings (SSSR count). The Hall–Kier alpha value is -1.60. The van der Waals surface area contributed by atoms with Gasteiger partial charge in [0.1, 0.15) is 24.4 Å². The first-order chi connectivity index (χ1) is 12.5. The number of ether oxygens (including phenoxy) is 2. The van der Waals surface area contributed by atoms with Gasteiger partial charge in [-0.05, 0) is 38.1 Å². The van der Waals surface area contributed by atoms with Crippen molar-refractivity contribution in [2.24, 2.45) is 5.14 Å². The van der Waals surface area contributed by atoms with Crippen LogP contribution in [0.4, 0.5) is 0 Å². The van der Waals surface area contributed by atoms with Gasteiger partial charge in [-0.3, -0.25) is 4.79 Å². The largest absolute Gasteiger partial charge is 0.394 e. The van der Waals surface area contributed by atoms with Crippen LogP contribution in [-0.2, 0) is 19.5 Å². The standard InChI is InChI=1S/C16H24N2O8S/c1-8(2)25-16-12(14(21)13(20)11(7-19)26-16)18-15(22)9-3-5-10(6-4-9)27(17,23)24/h3-6,8,11-14,16,19-21H,7H2,1-2H3,(H,18,22)(H2,17,23,24)/t11-,12-,13-,14-,16-/m1/s1. The van der Waals surface area contributed by atoms with Gasteiger partial charge in [-0.15, -0.1) is 0 Å². The summed E-state index contributed by atoms with van der Waals surface area (Å²) in [7, 11) is -3.89. The summed E-state index contributed by atoms with van der Waals surface area (Å²) in [5.41, 5.74) is 0.108. The Bertz CT molecular complexity index is 752. The quantitative estimate of drug-likeness (QED) is 0.374. The number of hydrogen-bond donors (Lipinski definition) is 5. The second-order valence-corrected chi connectivity index (χ2v) is 8.02. The molecule has 27 heavy (non-hydrogen) atoms. The van der Waals surface area contributed by atoms with Crippen molar-refractivity contribution in [2.75, 3.05) is 6.61 Å². The third-order valence-corrected chi connectivity index (χ3v) is 4.96. The zero-order valence-corrected chi connectivity index (χ0v) is 15.7. The average molecular weight is 404 g/mol. The van der Waals surface area contributed by atoms with Gasteiger partial charge in [0.2, 0.25) is 10.0 Å². The molecule has 0 aromatic heterocycles. The Labute approximate surface area is 156 Å². The third kappa shape index (κ3) is 5.23. The fourth-order valence-electron chi connectivity index (χ4n) is 2.65. The number of nitrogens with one attached hydrogen (secondary N) is 1. The lowest BCUT2D eigenvalue weighted by Gasteiger charge is -2.42. The van der Waals surface area contributed by atoms with Crippen LogP contribution in [0.25, 0.3) is 0 Å². The van der Waals surface area contributed by atoms with Gasteiger partial charge < -0.3 is 30.1 Å². The van der Waals surface area contributed by atoms with Crippen molar-refractivity contribution < 1.29 is 38.0 Å². The van der Waals surface area contributed by atoms with Crippen LogP contribution < -0.4 is 10.5 Å². The number of nitrogens with two attached hydrogens (primary N) is 1. The van der Waals surface area contributed by atoms with Crippen LogP contribution in [0, 0.1) is 0 Å². The number of aliphatic hydroxyl groups is 3. The Morgan fingerprint density at radius 1 is 1.26 bits per heavy atom. The van der Waals surface area contributed by atoms with E-state index in [4.69, 9.17) is 14.6 Å². The van der Waals surface area contributed by atoms with Gasteiger partial charge in [-0.1, -0.05) is 0 Å². The number of sulfonamides is 1. The highest BCUT2D eigenvalue weighted by molar-refractivity contribution is 7.89.